The minimum atomic E-state index is -0.813. The van der Waals surface area contributed by atoms with Gasteiger partial charge < -0.3 is 20.3 Å². The number of ether oxygens (including phenoxy) is 1. The van der Waals surface area contributed by atoms with Crippen molar-refractivity contribution in [2.24, 2.45) is 5.92 Å². The predicted molar refractivity (Wildman–Crippen MR) is 119 cm³/mol. The Morgan fingerprint density at radius 1 is 1.13 bits per heavy atom. The molecule has 0 bridgehead atoms. The molecule has 0 aromatic heterocycles. The Hall–Kier alpha value is -2.83. The van der Waals surface area contributed by atoms with Crippen molar-refractivity contribution in [2.75, 3.05) is 25.0 Å². The predicted octanol–water partition coefficient (Wildman–Crippen LogP) is 3.87. The lowest BCUT2D eigenvalue weighted by Crippen LogP contribution is -2.44. The molecule has 2 N–H and O–H groups in total. The number of likely N-dealkylation sites (tertiary alicyclic amines) is 1. The largest absolute Gasteiger partial charge is 0.452 e. The number of anilines is 1. The lowest BCUT2D eigenvalue weighted by atomic mass is 9.97. The number of hydrogen-bond acceptors (Lipinski definition) is 4. The van der Waals surface area contributed by atoms with Crippen LogP contribution in [0.1, 0.15) is 51.9 Å². The Balaban J connectivity index is 1.35. The molecule has 0 saturated carbocycles. The van der Waals surface area contributed by atoms with E-state index in [1.807, 2.05) is 30.3 Å². The van der Waals surface area contributed by atoms with E-state index in [4.69, 9.17) is 4.74 Å². The third kappa shape index (κ3) is 7.12. The normalized spacial score (nSPS) is 18.0. The van der Waals surface area contributed by atoms with Gasteiger partial charge in [-0.15, -0.1) is 0 Å². The highest BCUT2D eigenvalue weighted by Crippen LogP contribution is 2.21. The van der Waals surface area contributed by atoms with Crippen molar-refractivity contribution in [3.63, 3.8) is 0 Å². The molecule has 3 rings (SSSR count). The topological polar surface area (TPSA) is 87.7 Å². The highest BCUT2D eigenvalue weighted by atomic mass is 16.5. The summed E-state index contributed by atoms with van der Waals surface area (Å²) >= 11 is 0. The molecule has 1 heterocycles. The minimum Gasteiger partial charge on any atom is -0.452 e. The quantitative estimate of drug-likeness (QED) is 0.511. The maximum atomic E-state index is 12.5. The summed E-state index contributed by atoms with van der Waals surface area (Å²) in [5.41, 5.74) is 2.15. The molecule has 1 aromatic carbocycles. The number of para-hydroxylation sites is 1. The summed E-state index contributed by atoms with van der Waals surface area (Å²) < 4.78 is 5.40. The smallest absolute Gasteiger partial charge is 0.321 e. The zero-order valence-electron chi connectivity index (χ0n) is 18.3. The Bertz CT molecular complexity index is 785. The number of piperidine rings is 1. The molecule has 1 atom stereocenters. The van der Waals surface area contributed by atoms with Gasteiger partial charge >= 0.3 is 12.0 Å². The first-order valence-electron chi connectivity index (χ1n) is 11.3. The molecule has 7 nitrogen and oxygen atoms in total. The van der Waals surface area contributed by atoms with Crippen molar-refractivity contribution in [2.45, 2.75) is 58.0 Å². The van der Waals surface area contributed by atoms with Gasteiger partial charge in [-0.2, -0.15) is 0 Å². The number of carbonyl (C=O) groups is 3. The van der Waals surface area contributed by atoms with Gasteiger partial charge in [0.25, 0.3) is 5.91 Å². The molecule has 1 saturated heterocycles. The standard InChI is InChI=1S/C24H33N3O4/c1-18(22(28)25-15-12-19-8-4-2-5-9-19)31-23(29)20-13-16-27(17-14-20)24(30)26-21-10-6-3-7-11-21/h3,6-8,10-11,18,20H,2,4-5,9,12-17H2,1H3,(H,25,28)(H,26,30)/t18-/m1/s1. The summed E-state index contributed by atoms with van der Waals surface area (Å²) in [4.78, 5) is 38.8. The number of hydrogen-bond donors (Lipinski definition) is 2. The molecule has 31 heavy (non-hydrogen) atoms. The van der Waals surface area contributed by atoms with Crippen LogP contribution in [0.2, 0.25) is 0 Å². The Kier molecular flexibility index (Phi) is 8.50. The van der Waals surface area contributed by atoms with Crippen molar-refractivity contribution < 1.29 is 19.1 Å². The maximum absolute atomic E-state index is 12.5. The van der Waals surface area contributed by atoms with Gasteiger partial charge in [0.2, 0.25) is 0 Å². The number of urea groups is 1. The fraction of sp³-hybridized carbons (Fsp3) is 0.542. The van der Waals surface area contributed by atoms with E-state index in [2.05, 4.69) is 16.7 Å². The summed E-state index contributed by atoms with van der Waals surface area (Å²) in [5.74, 6) is -0.909. The molecule has 1 fully saturated rings. The number of nitrogens with zero attached hydrogens (tertiary/aromatic N) is 1. The van der Waals surface area contributed by atoms with Gasteiger partial charge in [0.1, 0.15) is 0 Å². The second-order valence-corrected chi connectivity index (χ2v) is 8.29. The number of benzene rings is 1. The first-order valence-corrected chi connectivity index (χ1v) is 11.3. The Morgan fingerprint density at radius 3 is 2.55 bits per heavy atom. The number of esters is 1. The first-order chi connectivity index (χ1) is 15.0. The molecular formula is C24H33N3O4. The van der Waals surface area contributed by atoms with Crippen LogP contribution in [0, 0.1) is 5.92 Å². The highest BCUT2D eigenvalue weighted by Gasteiger charge is 2.30. The van der Waals surface area contributed by atoms with Gasteiger partial charge in [0, 0.05) is 25.3 Å². The van der Waals surface area contributed by atoms with E-state index in [0.29, 0.717) is 32.5 Å². The number of rotatable bonds is 7. The second-order valence-electron chi connectivity index (χ2n) is 8.29. The van der Waals surface area contributed by atoms with Crippen molar-refractivity contribution >= 4 is 23.6 Å². The molecule has 1 aliphatic carbocycles. The monoisotopic (exact) mass is 427 g/mol. The first kappa shape index (κ1) is 22.8. The molecule has 168 valence electrons. The molecule has 0 spiro atoms. The van der Waals surface area contributed by atoms with E-state index in [-0.39, 0.29) is 23.8 Å². The van der Waals surface area contributed by atoms with Crippen LogP contribution in [-0.2, 0) is 14.3 Å². The fourth-order valence-electron chi connectivity index (χ4n) is 3.99. The van der Waals surface area contributed by atoms with E-state index < -0.39 is 6.10 Å². The van der Waals surface area contributed by atoms with Crippen LogP contribution in [0.5, 0.6) is 0 Å². The van der Waals surface area contributed by atoms with Crippen molar-refractivity contribution in [3.05, 3.63) is 42.0 Å². The summed E-state index contributed by atoms with van der Waals surface area (Å²) in [6.07, 6.45) is 8.09. The summed E-state index contributed by atoms with van der Waals surface area (Å²) in [6.45, 7) is 3.14. The van der Waals surface area contributed by atoms with Crippen LogP contribution in [0.15, 0.2) is 42.0 Å². The average molecular weight is 428 g/mol. The van der Waals surface area contributed by atoms with Crippen LogP contribution in [0.3, 0.4) is 0 Å². The summed E-state index contributed by atoms with van der Waals surface area (Å²) in [6, 6.07) is 9.12. The molecule has 2 aliphatic rings. The second kappa shape index (κ2) is 11.5. The SMILES string of the molecule is C[C@@H](OC(=O)C1CCN(C(=O)Nc2ccccc2)CC1)C(=O)NCCC1=CCCCC1. The van der Waals surface area contributed by atoms with Crippen LogP contribution in [-0.4, -0.2) is 48.5 Å². The molecule has 1 aromatic rings. The average Bonchev–Trinajstić information content (AvgIpc) is 2.80. The molecule has 1 aliphatic heterocycles. The molecule has 7 heteroatoms. The molecule has 0 unspecified atom stereocenters. The molecule has 0 radical (unpaired) electrons. The van der Waals surface area contributed by atoms with E-state index in [1.165, 1.54) is 18.4 Å². The van der Waals surface area contributed by atoms with E-state index in [1.54, 1.807) is 11.8 Å². The third-order valence-electron chi connectivity index (χ3n) is 5.93. The number of allylic oxidation sites excluding steroid dienone is 1. The third-order valence-corrected chi connectivity index (χ3v) is 5.93. The van der Waals surface area contributed by atoms with Gasteiger partial charge in [-0.1, -0.05) is 29.8 Å². The van der Waals surface area contributed by atoms with Crippen LogP contribution in [0.25, 0.3) is 0 Å². The number of nitrogens with one attached hydrogen (secondary N) is 2. The van der Waals surface area contributed by atoms with Gasteiger partial charge in [-0.3, -0.25) is 9.59 Å². The fourth-order valence-corrected chi connectivity index (χ4v) is 3.99. The van der Waals surface area contributed by atoms with E-state index >= 15 is 0 Å². The lowest BCUT2D eigenvalue weighted by molar-refractivity contribution is -0.159. The van der Waals surface area contributed by atoms with Crippen molar-refractivity contribution in [1.29, 1.82) is 0 Å². The number of amides is 3. The van der Waals surface area contributed by atoms with Gasteiger partial charge in [0.05, 0.1) is 5.92 Å². The Labute approximate surface area is 184 Å². The van der Waals surface area contributed by atoms with Crippen LogP contribution in [0.4, 0.5) is 10.5 Å². The van der Waals surface area contributed by atoms with E-state index in [9.17, 15) is 14.4 Å². The number of carbonyl (C=O) groups excluding carboxylic acids is 3. The van der Waals surface area contributed by atoms with Gasteiger partial charge in [-0.05, 0) is 64.0 Å². The maximum Gasteiger partial charge on any atom is 0.321 e. The molecule has 3 amide bonds. The lowest BCUT2D eigenvalue weighted by Gasteiger charge is -2.31. The highest BCUT2D eigenvalue weighted by molar-refractivity contribution is 5.89. The van der Waals surface area contributed by atoms with E-state index in [0.717, 1.165) is 24.9 Å². The Morgan fingerprint density at radius 2 is 1.87 bits per heavy atom. The zero-order chi connectivity index (χ0) is 22.1. The molecular weight excluding hydrogens is 394 g/mol. The van der Waals surface area contributed by atoms with Gasteiger partial charge in [0.15, 0.2) is 6.10 Å². The van der Waals surface area contributed by atoms with Crippen LogP contribution < -0.4 is 10.6 Å². The summed E-state index contributed by atoms with van der Waals surface area (Å²) in [7, 11) is 0. The van der Waals surface area contributed by atoms with Crippen molar-refractivity contribution in [1.82, 2.24) is 10.2 Å². The zero-order valence-corrected chi connectivity index (χ0v) is 18.3. The minimum absolute atomic E-state index is 0.168. The van der Waals surface area contributed by atoms with Crippen LogP contribution >= 0.6 is 0 Å². The van der Waals surface area contributed by atoms with Gasteiger partial charge in [-0.25, -0.2) is 4.79 Å². The summed E-state index contributed by atoms with van der Waals surface area (Å²) in [5, 5.41) is 5.72. The van der Waals surface area contributed by atoms with Crippen molar-refractivity contribution in [3.8, 4) is 0 Å².